The normalized spacial score (nSPS) is 35.8. The number of nitrogens with two attached hydrogens (primary N) is 1. The molecule has 1 saturated carbocycles. The van der Waals surface area contributed by atoms with Gasteiger partial charge in [-0.3, -0.25) is 9.69 Å². The number of ether oxygens (including phenoxy) is 1. The van der Waals surface area contributed by atoms with Gasteiger partial charge in [0.2, 0.25) is 5.91 Å². The molecule has 4 unspecified atom stereocenters. The first-order valence-corrected chi connectivity index (χ1v) is 8.01. The van der Waals surface area contributed by atoms with Crippen LogP contribution in [-0.2, 0) is 9.53 Å². The maximum Gasteiger partial charge on any atom is 0.225 e. The lowest BCUT2D eigenvalue weighted by atomic mass is 10.0. The highest BCUT2D eigenvalue weighted by Crippen LogP contribution is 2.30. The lowest BCUT2D eigenvalue weighted by Crippen LogP contribution is -2.47. The van der Waals surface area contributed by atoms with Crippen LogP contribution in [-0.4, -0.2) is 67.2 Å². The first-order valence-electron chi connectivity index (χ1n) is 8.01. The van der Waals surface area contributed by atoms with E-state index in [1.54, 1.807) is 0 Å². The second-order valence-electron chi connectivity index (χ2n) is 6.71. The molecule has 0 bridgehead atoms. The molecule has 0 aromatic heterocycles. The molecule has 2 aliphatic heterocycles. The third-order valence-corrected chi connectivity index (χ3v) is 5.22. The van der Waals surface area contributed by atoms with E-state index in [1.165, 1.54) is 0 Å². The number of halogens is 2. The van der Waals surface area contributed by atoms with Gasteiger partial charge in [-0.25, -0.2) is 0 Å². The van der Waals surface area contributed by atoms with Gasteiger partial charge in [0.05, 0.1) is 13.2 Å². The van der Waals surface area contributed by atoms with Crippen molar-refractivity contribution in [3.05, 3.63) is 0 Å². The molecule has 2 saturated heterocycles. The number of likely N-dealkylation sites (tertiary alicyclic amines) is 1. The minimum absolute atomic E-state index is 0. The number of hydrogen-bond acceptors (Lipinski definition) is 4. The van der Waals surface area contributed by atoms with Crippen molar-refractivity contribution in [1.29, 1.82) is 0 Å². The Bertz CT molecular complexity index is 367. The minimum atomic E-state index is 0. The monoisotopic (exact) mass is 353 g/mol. The van der Waals surface area contributed by atoms with E-state index >= 15 is 0 Å². The minimum Gasteiger partial charge on any atom is -0.379 e. The average molecular weight is 354 g/mol. The number of nitrogens with zero attached hydrogens (tertiary/aromatic N) is 2. The molecule has 3 aliphatic rings. The Hall–Kier alpha value is -0.0700. The Balaban J connectivity index is 0.00000121. The van der Waals surface area contributed by atoms with Crippen molar-refractivity contribution in [2.75, 3.05) is 39.4 Å². The summed E-state index contributed by atoms with van der Waals surface area (Å²) in [5.74, 6) is 1.09. The zero-order valence-corrected chi connectivity index (χ0v) is 14.9. The summed E-state index contributed by atoms with van der Waals surface area (Å²) in [6.45, 7) is 7.74. The summed E-state index contributed by atoms with van der Waals surface area (Å²) in [4.78, 5) is 17.2. The Morgan fingerprint density at radius 2 is 1.82 bits per heavy atom. The first-order chi connectivity index (χ1) is 9.65. The van der Waals surface area contributed by atoms with Crippen LogP contribution in [0.25, 0.3) is 0 Å². The predicted molar refractivity (Wildman–Crippen MR) is 91.7 cm³/mol. The van der Waals surface area contributed by atoms with Gasteiger partial charge < -0.3 is 15.4 Å². The molecule has 2 heterocycles. The summed E-state index contributed by atoms with van der Waals surface area (Å²) in [6.07, 6.45) is 2.87. The summed E-state index contributed by atoms with van der Waals surface area (Å²) in [7, 11) is 0. The molecule has 3 fully saturated rings. The third kappa shape index (κ3) is 4.26. The van der Waals surface area contributed by atoms with E-state index < -0.39 is 0 Å². The maximum absolute atomic E-state index is 12.6. The van der Waals surface area contributed by atoms with E-state index in [0.29, 0.717) is 17.9 Å². The largest absolute Gasteiger partial charge is 0.379 e. The second kappa shape index (κ2) is 8.69. The van der Waals surface area contributed by atoms with Crippen LogP contribution in [0.3, 0.4) is 0 Å². The highest BCUT2D eigenvalue weighted by Gasteiger charge is 2.39. The van der Waals surface area contributed by atoms with E-state index in [-0.39, 0.29) is 36.8 Å². The van der Waals surface area contributed by atoms with E-state index in [0.717, 1.165) is 58.7 Å². The SMILES string of the molecule is CC1CN(C(=O)C2CCC(N)C2)CC1N1CCOCC1.Cl.Cl. The van der Waals surface area contributed by atoms with Crippen molar-refractivity contribution in [2.24, 2.45) is 17.6 Å². The average Bonchev–Trinajstić information content (AvgIpc) is 3.05. The van der Waals surface area contributed by atoms with Crippen LogP contribution in [0.1, 0.15) is 26.2 Å². The Morgan fingerprint density at radius 3 is 2.41 bits per heavy atom. The highest BCUT2D eigenvalue weighted by molar-refractivity contribution is 5.85. The van der Waals surface area contributed by atoms with E-state index in [4.69, 9.17) is 10.5 Å². The van der Waals surface area contributed by atoms with Gasteiger partial charge in [-0.2, -0.15) is 0 Å². The molecule has 1 amide bonds. The Kier molecular flexibility index (Phi) is 7.89. The molecule has 0 aromatic rings. The topological polar surface area (TPSA) is 58.8 Å². The molecule has 3 rings (SSSR count). The van der Waals surface area contributed by atoms with Crippen molar-refractivity contribution < 1.29 is 9.53 Å². The zero-order chi connectivity index (χ0) is 14.1. The Morgan fingerprint density at radius 1 is 1.14 bits per heavy atom. The highest BCUT2D eigenvalue weighted by atomic mass is 35.5. The Labute approximate surface area is 145 Å². The summed E-state index contributed by atoms with van der Waals surface area (Å²) in [5, 5.41) is 0. The van der Waals surface area contributed by atoms with Crippen molar-refractivity contribution >= 4 is 30.7 Å². The number of carbonyl (C=O) groups is 1. The van der Waals surface area contributed by atoms with Gasteiger partial charge in [-0.05, 0) is 25.2 Å². The molecule has 4 atom stereocenters. The summed E-state index contributed by atoms with van der Waals surface area (Å²) in [5.41, 5.74) is 5.94. The molecule has 2 N–H and O–H groups in total. The molecule has 1 aliphatic carbocycles. The molecule has 7 heteroatoms. The van der Waals surface area contributed by atoms with Crippen molar-refractivity contribution in [3.63, 3.8) is 0 Å². The second-order valence-corrected chi connectivity index (χ2v) is 6.71. The van der Waals surface area contributed by atoms with Crippen LogP contribution < -0.4 is 5.73 Å². The van der Waals surface area contributed by atoms with Gasteiger partial charge in [0.25, 0.3) is 0 Å². The van der Waals surface area contributed by atoms with Crippen LogP contribution in [0.5, 0.6) is 0 Å². The quantitative estimate of drug-likeness (QED) is 0.808. The molecular weight excluding hydrogens is 325 g/mol. The van der Waals surface area contributed by atoms with Crippen LogP contribution in [0, 0.1) is 11.8 Å². The predicted octanol–water partition coefficient (Wildman–Crippen LogP) is 1.14. The van der Waals surface area contributed by atoms with E-state index in [2.05, 4.69) is 16.7 Å². The molecule has 0 radical (unpaired) electrons. The van der Waals surface area contributed by atoms with Gasteiger partial charge in [0.15, 0.2) is 0 Å². The van der Waals surface area contributed by atoms with Gasteiger partial charge in [0, 0.05) is 44.2 Å². The molecule has 22 heavy (non-hydrogen) atoms. The van der Waals surface area contributed by atoms with Gasteiger partial charge in [0.1, 0.15) is 0 Å². The molecule has 5 nitrogen and oxygen atoms in total. The van der Waals surface area contributed by atoms with E-state index in [1.807, 2.05) is 0 Å². The van der Waals surface area contributed by atoms with Gasteiger partial charge in [-0.15, -0.1) is 24.8 Å². The van der Waals surface area contributed by atoms with Crippen molar-refractivity contribution in [2.45, 2.75) is 38.3 Å². The maximum atomic E-state index is 12.6. The standard InChI is InChI=1S/C15H27N3O2.2ClH/c1-11-9-18(15(19)12-2-3-13(16)8-12)10-14(11)17-4-6-20-7-5-17;;/h11-14H,2-10,16H2,1H3;2*1H. The first kappa shape index (κ1) is 20.0. The summed E-state index contributed by atoms with van der Waals surface area (Å²) >= 11 is 0. The number of amides is 1. The lowest BCUT2D eigenvalue weighted by molar-refractivity contribution is -0.134. The number of hydrogen-bond donors (Lipinski definition) is 1. The van der Waals surface area contributed by atoms with Crippen molar-refractivity contribution in [1.82, 2.24) is 9.80 Å². The fraction of sp³-hybridized carbons (Fsp3) is 0.933. The van der Waals surface area contributed by atoms with Crippen LogP contribution >= 0.6 is 24.8 Å². The van der Waals surface area contributed by atoms with Crippen molar-refractivity contribution in [3.8, 4) is 0 Å². The number of carbonyl (C=O) groups excluding carboxylic acids is 1. The van der Waals surface area contributed by atoms with E-state index in [9.17, 15) is 4.79 Å². The van der Waals surface area contributed by atoms with Crippen LogP contribution in [0.4, 0.5) is 0 Å². The molecular formula is C15H29Cl2N3O2. The zero-order valence-electron chi connectivity index (χ0n) is 13.3. The van der Waals surface area contributed by atoms with Gasteiger partial charge in [-0.1, -0.05) is 6.92 Å². The fourth-order valence-electron chi connectivity index (χ4n) is 4.01. The summed E-state index contributed by atoms with van der Waals surface area (Å²) in [6, 6.07) is 0.747. The molecule has 0 aromatic carbocycles. The van der Waals surface area contributed by atoms with Gasteiger partial charge >= 0.3 is 0 Å². The lowest BCUT2D eigenvalue weighted by Gasteiger charge is -2.34. The van der Waals surface area contributed by atoms with Crippen LogP contribution in [0.2, 0.25) is 0 Å². The summed E-state index contributed by atoms with van der Waals surface area (Å²) < 4.78 is 5.43. The molecule has 130 valence electrons. The molecule has 0 spiro atoms. The number of rotatable bonds is 2. The fourth-order valence-corrected chi connectivity index (χ4v) is 4.01. The van der Waals surface area contributed by atoms with Crippen LogP contribution in [0.15, 0.2) is 0 Å². The smallest absolute Gasteiger partial charge is 0.225 e. The number of morpholine rings is 1. The third-order valence-electron chi connectivity index (χ3n) is 5.22.